The molecule has 0 unspecified atom stereocenters. The van der Waals surface area contributed by atoms with E-state index in [4.69, 9.17) is 22.7 Å². The summed E-state index contributed by atoms with van der Waals surface area (Å²) >= 11 is 9.54. The van der Waals surface area contributed by atoms with Crippen molar-refractivity contribution in [3.05, 3.63) is 44.6 Å². The summed E-state index contributed by atoms with van der Waals surface area (Å²) in [7, 11) is 0. The topological polar surface area (TPSA) is 67.7 Å². The Labute approximate surface area is 118 Å². The zero-order valence-corrected chi connectivity index (χ0v) is 12.3. The molecule has 0 fully saturated rings. The molecule has 3 N–H and O–H groups in total. The molecule has 0 spiro atoms. The molecule has 0 saturated carbocycles. The summed E-state index contributed by atoms with van der Waals surface area (Å²) in [5, 5.41) is 12.7. The maximum Gasteiger partial charge on any atom is 0.126 e. The number of aryl methyl sites for hydroxylation is 1. The van der Waals surface area contributed by atoms with Crippen LogP contribution in [0.5, 0.6) is 0 Å². The number of nitrogens with one attached hydrogen (secondary N) is 1. The third kappa shape index (κ3) is 2.04. The van der Waals surface area contributed by atoms with Crippen molar-refractivity contribution in [2.75, 3.05) is 0 Å². The van der Waals surface area contributed by atoms with Crippen LogP contribution in [0.3, 0.4) is 0 Å². The van der Waals surface area contributed by atoms with Crippen LogP contribution in [-0.2, 0) is 0 Å². The molecule has 94 valence electrons. The monoisotopic (exact) mass is 326 g/mol. The van der Waals surface area contributed by atoms with E-state index in [9.17, 15) is 0 Å². The lowest BCUT2D eigenvalue weighted by Crippen LogP contribution is -2.16. The van der Waals surface area contributed by atoms with Crippen LogP contribution in [-0.4, -0.2) is 15.6 Å². The Morgan fingerprint density at radius 3 is 2.61 bits per heavy atom. The van der Waals surface area contributed by atoms with Crippen LogP contribution in [0.25, 0.3) is 5.69 Å². The first-order chi connectivity index (χ1) is 8.43. The van der Waals surface area contributed by atoms with Gasteiger partial charge in [-0.2, -0.15) is 5.10 Å². The predicted molar refractivity (Wildman–Crippen MR) is 76.8 cm³/mol. The third-order valence-electron chi connectivity index (χ3n) is 2.69. The fourth-order valence-corrected chi connectivity index (χ4v) is 2.50. The molecule has 2 rings (SSSR count). The largest absolute Gasteiger partial charge is 0.384 e. The number of nitrogens with zero attached hydrogens (tertiary/aromatic N) is 2. The van der Waals surface area contributed by atoms with Gasteiger partial charge in [0.1, 0.15) is 5.84 Å². The highest BCUT2D eigenvalue weighted by atomic mass is 79.9. The number of hydrogen-bond acceptors (Lipinski definition) is 2. The first-order valence-electron chi connectivity index (χ1n) is 5.28. The van der Waals surface area contributed by atoms with E-state index >= 15 is 0 Å². The lowest BCUT2D eigenvalue weighted by molar-refractivity contribution is 0.831. The number of nitrogens with two attached hydrogens (primary N) is 1. The molecular weight excluding hydrogens is 316 g/mol. The lowest BCUT2D eigenvalue weighted by Gasteiger charge is -2.11. The second-order valence-electron chi connectivity index (χ2n) is 3.94. The van der Waals surface area contributed by atoms with Crippen LogP contribution in [0.1, 0.15) is 17.0 Å². The SMILES string of the molecule is Cc1nn(-c2cccc(Br)c2C(=N)N)c(C)c1Cl. The molecule has 18 heavy (non-hydrogen) atoms. The standard InChI is InChI=1S/C12H12BrClN4/c1-6-11(14)7(2)18(17-6)9-5-3-4-8(13)10(9)12(15)16/h3-5H,1-2H3,(H3,15,16). The highest BCUT2D eigenvalue weighted by Crippen LogP contribution is 2.27. The molecule has 0 radical (unpaired) electrons. The Kier molecular flexibility index (Phi) is 3.45. The molecule has 4 nitrogen and oxygen atoms in total. The average Bonchev–Trinajstić information content (AvgIpc) is 2.56. The molecule has 6 heteroatoms. The van der Waals surface area contributed by atoms with Crippen molar-refractivity contribution in [2.24, 2.45) is 5.73 Å². The molecule has 0 aliphatic carbocycles. The van der Waals surface area contributed by atoms with E-state index in [0.29, 0.717) is 10.6 Å². The van der Waals surface area contributed by atoms with E-state index in [2.05, 4.69) is 21.0 Å². The van der Waals surface area contributed by atoms with Gasteiger partial charge in [0.25, 0.3) is 0 Å². The average molecular weight is 328 g/mol. The maximum absolute atomic E-state index is 7.67. The fraction of sp³-hybridized carbons (Fsp3) is 0.167. The minimum Gasteiger partial charge on any atom is -0.384 e. The summed E-state index contributed by atoms with van der Waals surface area (Å²) in [6.07, 6.45) is 0. The van der Waals surface area contributed by atoms with E-state index in [1.807, 2.05) is 32.0 Å². The Balaban J connectivity index is 2.75. The Morgan fingerprint density at radius 1 is 1.44 bits per heavy atom. The van der Waals surface area contributed by atoms with Crippen LogP contribution >= 0.6 is 27.5 Å². The van der Waals surface area contributed by atoms with Gasteiger partial charge in [-0.3, -0.25) is 5.41 Å². The smallest absolute Gasteiger partial charge is 0.126 e. The van der Waals surface area contributed by atoms with Crippen molar-refractivity contribution >= 4 is 33.4 Å². The summed E-state index contributed by atoms with van der Waals surface area (Å²) in [4.78, 5) is 0. The highest BCUT2D eigenvalue weighted by Gasteiger charge is 2.16. The second-order valence-corrected chi connectivity index (χ2v) is 5.18. The van der Waals surface area contributed by atoms with Crippen LogP contribution < -0.4 is 5.73 Å². The summed E-state index contributed by atoms with van der Waals surface area (Å²) in [5.74, 6) is -0.0128. The Hall–Kier alpha value is -1.33. The van der Waals surface area contributed by atoms with E-state index in [0.717, 1.165) is 21.5 Å². The Morgan fingerprint density at radius 2 is 2.11 bits per heavy atom. The van der Waals surface area contributed by atoms with Gasteiger partial charge in [0, 0.05) is 4.47 Å². The molecule has 0 amide bonds. The van der Waals surface area contributed by atoms with Gasteiger partial charge in [-0.05, 0) is 41.9 Å². The van der Waals surface area contributed by atoms with Crippen molar-refractivity contribution in [3.8, 4) is 5.69 Å². The summed E-state index contributed by atoms with van der Waals surface area (Å²) in [6, 6.07) is 5.57. The molecule has 1 aromatic heterocycles. The van der Waals surface area contributed by atoms with Gasteiger partial charge < -0.3 is 5.73 Å². The van der Waals surface area contributed by atoms with Crippen LogP contribution in [0.2, 0.25) is 5.02 Å². The van der Waals surface area contributed by atoms with Gasteiger partial charge in [-0.1, -0.05) is 17.7 Å². The predicted octanol–water partition coefficient (Wildman–Crippen LogP) is 3.19. The number of benzene rings is 1. The lowest BCUT2D eigenvalue weighted by atomic mass is 10.1. The first-order valence-corrected chi connectivity index (χ1v) is 6.45. The third-order valence-corrected chi connectivity index (χ3v) is 3.90. The number of halogens is 2. The van der Waals surface area contributed by atoms with Gasteiger partial charge in [0.15, 0.2) is 0 Å². The molecule has 1 aromatic carbocycles. The van der Waals surface area contributed by atoms with Gasteiger partial charge in [-0.25, -0.2) is 4.68 Å². The minimum absolute atomic E-state index is 0.0128. The molecule has 1 heterocycles. The number of nitrogen functional groups attached to an aromatic ring is 1. The Bertz CT molecular complexity index is 633. The molecular formula is C12H12BrClN4. The summed E-state index contributed by atoms with van der Waals surface area (Å²) < 4.78 is 2.47. The van der Waals surface area contributed by atoms with Crippen molar-refractivity contribution in [3.63, 3.8) is 0 Å². The minimum atomic E-state index is -0.0128. The van der Waals surface area contributed by atoms with Crippen LogP contribution in [0, 0.1) is 19.3 Å². The number of rotatable bonds is 2. The zero-order chi connectivity index (χ0) is 13.4. The van der Waals surface area contributed by atoms with Crippen molar-refractivity contribution in [2.45, 2.75) is 13.8 Å². The fourth-order valence-electron chi connectivity index (χ4n) is 1.81. The number of aromatic nitrogens is 2. The summed E-state index contributed by atoms with van der Waals surface area (Å²) in [6.45, 7) is 3.73. The normalized spacial score (nSPS) is 10.7. The molecule has 0 aliphatic heterocycles. The van der Waals surface area contributed by atoms with Crippen molar-refractivity contribution in [1.82, 2.24) is 9.78 Å². The molecule has 0 aliphatic rings. The first kappa shape index (κ1) is 13.1. The van der Waals surface area contributed by atoms with Crippen molar-refractivity contribution < 1.29 is 0 Å². The van der Waals surface area contributed by atoms with E-state index < -0.39 is 0 Å². The molecule has 0 bridgehead atoms. The van der Waals surface area contributed by atoms with E-state index in [1.54, 1.807) is 4.68 Å². The quantitative estimate of drug-likeness (QED) is 0.657. The van der Waals surface area contributed by atoms with Crippen LogP contribution in [0.4, 0.5) is 0 Å². The van der Waals surface area contributed by atoms with Crippen molar-refractivity contribution in [1.29, 1.82) is 5.41 Å². The van der Waals surface area contributed by atoms with Gasteiger partial charge in [0.05, 0.1) is 27.7 Å². The maximum atomic E-state index is 7.67. The molecule has 2 aromatic rings. The highest BCUT2D eigenvalue weighted by molar-refractivity contribution is 9.10. The van der Waals surface area contributed by atoms with Gasteiger partial charge in [0.2, 0.25) is 0 Å². The van der Waals surface area contributed by atoms with E-state index in [1.165, 1.54) is 0 Å². The molecule has 0 atom stereocenters. The van der Waals surface area contributed by atoms with E-state index in [-0.39, 0.29) is 5.84 Å². The second kappa shape index (κ2) is 4.74. The van der Waals surface area contributed by atoms with Crippen LogP contribution in [0.15, 0.2) is 22.7 Å². The van der Waals surface area contributed by atoms with Gasteiger partial charge in [-0.15, -0.1) is 0 Å². The number of hydrogen-bond donors (Lipinski definition) is 2. The van der Waals surface area contributed by atoms with Gasteiger partial charge >= 0.3 is 0 Å². The molecule has 0 saturated heterocycles. The summed E-state index contributed by atoms with van der Waals surface area (Å²) in [5.41, 5.74) is 8.56. The number of amidine groups is 1. The zero-order valence-electron chi connectivity index (χ0n) is 9.96.